The molecule has 0 bridgehead atoms. The van der Waals surface area contributed by atoms with Gasteiger partial charge in [0.15, 0.2) is 0 Å². The maximum Gasteiger partial charge on any atom is 0.229 e. The Balaban J connectivity index is 1.44. The van der Waals surface area contributed by atoms with Gasteiger partial charge in [0.1, 0.15) is 17.3 Å². The molecule has 3 aromatic rings. The number of aromatic amines is 1. The van der Waals surface area contributed by atoms with E-state index in [0.29, 0.717) is 5.69 Å². The van der Waals surface area contributed by atoms with Crippen molar-refractivity contribution in [1.29, 1.82) is 0 Å². The van der Waals surface area contributed by atoms with Crippen LogP contribution in [-0.2, 0) is 0 Å². The Hall–Kier alpha value is -2.83. The van der Waals surface area contributed by atoms with E-state index in [2.05, 4.69) is 32.7 Å². The van der Waals surface area contributed by atoms with E-state index in [9.17, 15) is 4.39 Å². The van der Waals surface area contributed by atoms with Gasteiger partial charge in [0.2, 0.25) is 5.95 Å². The highest BCUT2D eigenvalue weighted by Gasteiger charge is 2.25. The summed E-state index contributed by atoms with van der Waals surface area (Å²) in [7, 11) is 0. The first-order valence-electron chi connectivity index (χ1n) is 10.1. The van der Waals surface area contributed by atoms with E-state index in [1.807, 2.05) is 12.1 Å². The Morgan fingerprint density at radius 1 is 0.893 bits per heavy atom. The van der Waals surface area contributed by atoms with E-state index >= 15 is 0 Å². The molecule has 146 valence electrons. The molecule has 1 N–H and O–H groups in total. The summed E-state index contributed by atoms with van der Waals surface area (Å²) in [5.41, 5.74) is 2.68. The summed E-state index contributed by atoms with van der Waals surface area (Å²) in [6, 6.07) is 9.14. The van der Waals surface area contributed by atoms with Gasteiger partial charge in [0.25, 0.3) is 0 Å². The fourth-order valence-electron chi connectivity index (χ4n) is 4.28. The number of aryl methyl sites for hydroxylation is 1. The van der Waals surface area contributed by atoms with Crippen molar-refractivity contribution in [2.75, 3.05) is 54.0 Å². The number of hydrogen-bond donors (Lipinski definition) is 1. The standard InChI is InChI=1S/C21H25FN6/c1-15-14-16-19(23-15)24-21(28-8-4-5-9-28)25-20(16)27-12-10-26(11-13-27)18-7-3-2-6-17(18)22/h2-3,6-7,14H,4-5,8-13H2,1H3,(H,23,24,25). The minimum Gasteiger partial charge on any atom is -0.366 e. The average Bonchev–Trinajstić information content (AvgIpc) is 3.36. The molecule has 0 unspecified atom stereocenters. The minimum atomic E-state index is -0.155. The largest absolute Gasteiger partial charge is 0.366 e. The fourth-order valence-corrected chi connectivity index (χ4v) is 4.28. The third-order valence-corrected chi connectivity index (χ3v) is 5.75. The van der Waals surface area contributed by atoms with Crippen molar-refractivity contribution in [2.45, 2.75) is 19.8 Å². The Bertz CT molecular complexity index is 986. The number of rotatable bonds is 3. The monoisotopic (exact) mass is 380 g/mol. The summed E-state index contributed by atoms with van der Waals surface area (Å²) in [4.78, 5) is 19.8. The van der Waals surface area contributed by atoms with Gasteiger partial charge >= 0.3 is 0 Å². The Morgan fingerprint density at radius 2 is 1.61 bits per heavy atom. The Kier molecular flexibility index (Phi) is 4.30. The van der Waals surface area contributed by atoms with Gasteiger partial charge in [0, 0.05) is 45.0 Å². The number of hydrogen-bond acceptors (Lipinski definition) is 5. The predicted octanol–water partition coefficient (Wildman–Crippen LogP) is 3.33. The van der Waals surface area contributed by atoms with Gasteiger partial charge in [-0.1, -0.05) is 12.1 Å². The lowest BCUT2D eigenvalue weighted by Crippen LogP contribution is -2.47. The first-order chi connectivity index (χ1) is 13.7. The van der Waals surface area contributed by atoms with E-state index in [0.717, 1.165) is 67.8 Å². The van der Waals surface area contributed by atoms with Crippen molar-refractivity contribution in [1.82, 2.24) is 15.0 Å². The number of piperazine rings is 1. The first kappa shape index (κ1) is 17.3. The van der Waals surface area contributed by atoms with Crippen LogP contribution in [0.15, 0.2) is 30.3 Å². The van der Waals surface area contributed by atoms with Gasteiger partial charge in [-0.3, -0.25) is 0 Å². The third kappa shape index (κ3) is 3.04. The molecule has 1 aromatic carbocycles. The maximum atomic E-state index is 14.1. The quantitative estimate of drug-likeness (QED) is 0.755. The molecule has 4 heterocycles. The Labute approximate surface area is 164 Å². The first-order valence-corrected chi connectivity index (χ1v) is 10.1. The predicted molar refractivity (Wildman–Crippen MR) is 111 cm³/mol. The van der Waals surface area contributed by atoms with Gasteiger partial charge in [0.05, 0.1) is 11.1 Å². The minimum absolute atomic E-state index is 0.155. The van der Waals surface area contributed by atoms with Crippen molar-refractivity contribution in [3.8, 4) is 0 Å². The number of halogens is 1. The molecule has 0 spiro atoms. The molecule has 2 aliphatic heterocycles. The number of H-pyrrole nitrogens is 1. The molecule has 0 radical (unpaired) electrons. The summed E-state index contributed by atoms with van der Waals surface area (Å²) in [5.74, 6) is 1.65. The van der Waals surface area contributed by atoms with Crippen LogP contribution in [0.4, 0.5) is 21.8 Å². The highest BCUT2D eigenvalue weighted by Crippen LogP contribution is 2.30. The van der Waals surface area contributed by atoms with Crippen LogP contribution in [0.3, 0.4) is 0 Å². The zero-order chi connectivity index (χ0) is 19.1. The summed E-state index contributed by atoms with van der Waals surface area (Å²) in [6.07, 6.45) is 2.39. The number of benzene rings is 1. The third-order valence-electron chi connectivity index (χ3n) is 5.75. The van der Waals surface area contributed by atoms with Crippen molar-refractivity contribution in [2.24, 2.45) is 0 Å². The van der Waals surface area contributed by atoms with E-state index in [1.165, 1.54) is 18.9 Å². The number of aromatic nitrogens is 3. The van der Waals surface area contributed by atoms with Gasteiger partial charge in [-0.25, -0.2) is 4.39 Å². The second-order valence-electron chi connectivity index (χ2n) is 7.68. The molecule has 2 aromatic heterocycles. The summed E-state index contributed by atoms with van der Waals surface area (Å²) < 4.78 is 14.1. The van der Waals surface area contributed by atoms with Crippen LogP contribution in [0.5, 0.6) is 0 Å². The van der Waals surface area contributed by atoms with Crippen LogP contribution in [0.1, 0.15) is 18.5 Å². The fraction of sp³-hybridized carbons (Fsp3) is 0.429. The molecule has 0 amide bonds. The molecular weight excluding hydrogens is 355 g/mol. The topological polar surface area (TPSA) is 51.3 Å². The lowest BCUT2D eigenvalue weighted by molar-refractivity contribution is 0.596. The molecule has 2 aliphatic rings. The van der Waals surface area contributed by atoms with Crippen LogP contribution in [0.25, 0.3) is 11.0 Å². The normalized spacial score (nSPS) is 17.7. The molecule has 6 nitrogen and oxygen atoms in total. The molecule has 7 heteroatoms. The SMILES string of the molecule is Cc1cc2c(N3CCN(c4ccccc4F)CC3)nc(N3CCCC3)nc2[nH]1. The Morgan fingerprint density at radius 3 is 2.36 bits per heavy atom. The molecule has 2 fully saturated rings. The lowest BCUT2D eigenvalue weighted by atomic mass is 10.2. The second-order valence-corrected chi connectivity index (χ2v) is 7.68. The number of nitrogens with one attached hydrogen (secondary N) is 1. The highest BCUT2D eigenvalue weighted by atomic mass is 19.1. The molecule has 0 aliphatic carbocycles. The highest BCUT2D eigenvalue weighted by molar-refractivity contribution is 5.89. The molecule has 0 saturated carbocycles. The zero-order valence-corrected chi connectivity index (χ0v) is 16.2. The van der Waals surface area contributed by atoms with Crippen LogP contribution >= 0.6 is 0 Å². The van der Waals surface area contributed by atoms with Crippen molar-refractivity contribution >= 4 is 28.5 Å². The number of para-hydroxylation sites is 1. The van der Waals surface area contributed by atoms with Crippen LogP contribution in [0, 0.1) is 12.7 Å². The zero-order valence-electron chi connectivity index (χ0n) is 16.2. The molecule has 28 heavy (non-hydrogen) atoms. The van der Waals surface area contributed by atoms with Crippen molar-refractivity contribution in [3.63, 3.8) is 0 Å². The van der Waals surface area contributed by atoms with Crippen molar-refractivity contribution in [3.05, 3.63) is 41.8 Å². The van der Waals surface area contributed by atoms with E-state index in [-0.39, 0.29) is 5.82 Å². The van der Waals surface area contributed by atoms with Gasteiger partial charge < -0.3 is 19.7 Å². The maximum absolute atomic E-state index is 14.1. The van der Waals surface area contributed by atoms with E-state index in [1.54, 1.807) is 6.07 Å². The number of nitrogens with zero attached hydrogens (tertiary/aromatic N) is 5. The number of anilines is 3. The molecule has 5 rings (SSSR count). The van der Waals surface area contributed by atoms with Crippen molar-refractivity contribution < 1.29 is 4.39 Å². The summed E-state index contributed by atoms with van der Waals surface area (Å²) in [5, 5.41) is 1.07. The average molecular weight is 380 g/mol. The molecule has 0 atom stereocenters. The number of fused-ring (bicyclic) bond motifs is 1. The van der Waals surface area contributed by atoms with Gasteiger partial charge in [-0.05, 0) is 38.0 Å². The lowest BCUT2D eigenvalue weighted by Gasteiger charge is -2.37. The van der Waals surface area contributed by atoms with E-state index < -0.39 is 0 Å². The van der Waals surface area contributed by atoms with Crippen LogP contribution in [0.2, 0.25) is 0 Å². The van der Waals surface area contributed by atoms with Gasteiger partial charge in [-0.2, -0.15) is 9.97 Å². The summed E-state index contributed by atoms with van der Waals surface area (Å²) >= 11 is 0. The smallest absolute Gasteiger partial charge is 0.229 e. The second kappa shape index (κ2) is 6.96. The van der Waals surface area contributed by atoms with Gasteiger partial charge in [-0.15, -0.1) is 0 Å². The molecule has 2 saturated heterocycles. The van der Waals surface area contributed by atoms with Crippen LogP contribution in [-0.4, -0.2) is 54.2 Å². The van der Waals surface area contributed by atoms with Crippen LogP contribution < -0.4 is 14.7 Å². The van der Waals surface area contributed by atoms with E-state index in [4.69, 9.17) is 9.97 Å². The molecular formula is C21H25FN6. The summed E-state index contributed by atoms with van der Waals surface area (Å²) in [6.45, 7) is 7.26.